The molecular weight excluding hydrogens is 506 g/mol. The van der Waals surface area contributed by atoms with Crippen molar-refractivity contribution in [3.05, 3.63) is 29.8 Å². The zero-order valence-electron chi connectivity index (χ0n) is 21.7. The summed E-state index contributed by atoms with van der Waals surface area (Å²) in [5, 5.41) is 10.4. The van der Waals surface area contributed by atoms with Crippen LogP contribution >= 0.6 is 12.4 Å². The molecule has 2 heterocycles. The molecule has 3 rings (SSSR count). The number of amides is 1. The molecule has 4 atom stereocenters. The first kappa shape index (κ1) is 31.2. The van der Waals surface area contributed by atoms with Gasteiger partial charge < -0.3 is 39.4 Å². The van der Waals surface area contributed by atoms with Crippen LogP contribution in [0.4, 0.5) is 0 Å². The average molecular weight is 546 g/mol. The summed E-state index contributed by atoms with van der Waals surface area (Å²) in [6, 6.07) is 6.91. The number of halogens is 1. The number of nitrogens with two attached hydrogens (primary N) is 2. The van der Waals surface area contributed by atoms with Gasteiger partial charge in [0.15, 0.2) is 11.5 Å². The van der Waals surface area contributed by atoms with Crippen LogP contribution < -0.4 is 16.2 Å². The second-order valence-corrected chi connectivity index (χ2v) is 9.85. The molecule has 0 spiro atoms. The standard InChI is InChI=1S/C25H39N3O8.ClH/c1-17(14-21(29)35-22-16-34-24(2,3)36-22)18-4-6-20(7-5-18)33-11-8-19(26)15-25(27,31)23(30)28-9-12-32-13-10-28;/h4-7,17,19,22,31H,8-16,26-27H2,1-3H3;1H/t17-,19-,22+,25-;/m0./s1. The molecule has 0 unspecified atom stereocenters. The maximum Gasteiger partial charge on any atom is 0.308 e. The lowest BCUT2D eigenvalue weighted by Crippen LogP contribution is -2.59. The van der Waals surface area contributed by atoms with Crippen LogP contribution in [0.1, 0.15) is 51.5 Å². The fourth-order valence-electron chi connectivity index (χ4n) is 4.12. The molecule has 37 heavy (non-hydrogen) atoms. The van der Waals surface area contributed by atoms with Crippen molar-refractivity contribution in [2.75, 3.05) is 39.5 Å². The topological polar surface area (TPSA) is 156 Å². The number of rotatable bonds is 11. The summed E-state index contributed by atoms with van der Waals surface area (Å²) in [4.78, 5) is 26.2. The van der Waals surface area contributed by atoms with Gasteiger partial charge in [0.1, 0.15) is 12.4 Å². The molecule has 0 aliphatic carbocycles. The SMILES string of the molecule is C[C@@H](CC(=O)O[C@H]1COC(C)(C)O1)c1ccc(OCC[C@H](N)C[C@](N)(O)C(=O)N2CCOCC2)cc1.Cl. The van der Waals surface area contributed by atoms with Crippen LogP contribution in [0.2, 0.25) is 0 Å². The predicted octanol–water partition coefficient (Wildman–Crippen LogP) is 1.25. The first-order chi connectivity index (χ1) is 16.9. The molecular formula is C25H40ClN3O8. The summed E-state index contributed by atoms with van der Waals surface area (Å²) in [5.41, 5.74) is 10.9. The Hall–Kier alpha value is -1.99. The van der Waals surface area contributed by atoms with Crippen LogP contribution in [-0.4, -0.2) is 85.2 Å². The number of carbonyl (C=O) groups is 2. The van der Waals surface area contributed by atoms with E-state index in [1.807, 2.05) is 31.2 Å². The molecule has 1 amide bonds. The Balaban J connectivity index is 0.00000481. The number of ether oxygens (including phenoxy) is 5. The van der Waals surface area contributed by atoms with Crippen molar-refractivity contribution >= 4 is 24.3 Å². The molecule has 0 aromatic heterocycles. The maximum absolute atomic E-state index is 12.5. The Morgan fingerprint density at radius 3 is 2.49 bits per heavy atom. The van der Waals surface area contributed by atoms with Gasteiger partial charge in [0.25, 0.3) is 5.91 Å². The number of morpholine rings is 1. The summed E-state index contributed by atoms with van der Waals surface area (Å²) in [5.74, 6) is -1.05. The van der Waals surface area contributed by atoms with Gasteiger partial charge in [0.2, 0.25) is 6.29 Å². The minimum Gasteiger partial charge on any atom is -0.494 e. The average Bonchev–Trinajstić information content (AvgIpc) is 3.16. The summed E-state index contributed by atoms with van der Waals surface area (Å²) >= 11 is 0. The lowest BCUT2D eigenvalue weighted by molar-refractivity contribution is -0.197. The third kappa shape index (κ3) is 9.68. The van der Waals surface area contributed by atoms with Crippen molar-refractivity contribution in [2.45, 2.75) is 69.8 Å². The molecule has 2 aliphatic rings. The Labute approximate surface area is 224 Å². The van der Waals surface area contributed by atoms with Gasteiger partial charge >= 0.3 is 5.97 Å². The number of aliphatic hydroxyl groups is 1. The number of carbonyl (C=O) groups excluding carboxylic acids is 2. The molecule has 2 fully saturated rings. The van der Waals surface area contributed by atoms with Gasteiger partial charge in [-0.15, -0.1) is 12.4 Å². The quantitative estimate of drug-likeness (QED) is 0.273. The lowest BCUT2D eigenvalue weighted by Gasteiger charge is -2.34. The molecule has 2 saturated heterocycles. The van der Waals surface area contributed by atoms with E-state index < -0.39 is 29.8 Å². The lowest BCUT2D eigenvalue weighted by atomic mass is 9.98. The third-order valence-corrected chi connectivity index (χ3v) is 6.17. The minimum absolute atomic E-state index is 0. The van der Waals surface area contributed by atoms with Crippen molar-refractivity contribution in [2.24, 2.45) is 11.5 Å². The highest BCUT2D eigenvalue weighted by molar-refractivity contribution is 5.85. The highest BCUT2D eigenvalue weighted by atomic mass is 35.5. The van der Waals surface area contributed by atoms with Crippen LogP contribution in [0.3, 0.4) is 0 Å². The van der Waals surface area contributed by atoms with E-state index in [-0.39, 0.29) is 43.7 Å². The monoisotopic (exact) mass is 545 g/mol. The van der Waals surface area contributed by atoms with Crippen molar-refractivity contribution in [3.63, 3.8) is 0 Å². The van der Waals surface area contributed by atoms with Gasteiger partial charge in [-0.05, 0) is 43.9 Å². The van der Waals surface area contributed by atoms with E-state index in [4.69, 9.17) is 35.2 Å². The van der Waals surface area contributed by atoms with E-state index >= 15 is 0 Å². The van der Waals surface area contributed by atoms with Crippen LogP contribution in [-0.2, 0) is 28.5 Å². The van der Waals surface area contributed by atoms with Crippen molar-refractivity contribution in [1.82, 2.24) is 4.90 Å². The molecule has 210 valence electrons. The zero-order chi connectivity index (χ0) is 26.3. The van der Waals surface area contributed by atoms with Gasteiger partial charge in [0, 0.05) is 25.6 Å². The largest absolute Gasteiger partial charge is 0.494 e. The second-order valence-electron chi connectivity index (χ2n) is 9.85. The van der Waals surface area contributed by atoms with Gasteiger partial charge in [-0.2, -0.15) is 0 Å². The zero-order valence-corrected chi connectivity index (χ0v) is 22.5. The van der Waals surface area contributed by atoms with Crippen molar-refractivity contribution < 1.29 is 38.4 Å². The Bertz CT molecular complexity index is 877. The normalized spacial score (nSPS) is 22.3. The summed E-state index contributed by atoms with van der Waals surface area (Å²) in [6.07, 6.45) is -0.145. The predicted molar refractivity (Wildman–Crippen MR) is 137 cm³/mol. The van der Waals surface area contributed by atoms with E-state index in [0.29, 0.717) is 45.1 Å². The van der Waals surface area contributed by atoms with Gasteiger partial charge in [-0.1, -0.05) is 19.1 Å². The smallest absolute Gasteiger partial charge is 0.308 e. The van der Waals surface area contributed by atoms with Crippen LogP contribution in [0, 0.1) is 0 Å². The molecule has 11 nitrogen and oxygen atoms in total. The highest BCUT2D eigenvalue weighted by Gasteiger charge is 2.37. The van der Waals surface area contributed by atoms with Crippen molar-refractivity contribution in [1.29, 1.82) is 0 Å². The van der Waals surface area contributed by atoms with E-state index in [9.17, 15) is 14.7 Å². The first-order valence-electron chi connectivity index (χ1n) is 12.3. The Morgan fingerprint density at radius 1 is 1.24 bits per heavy atom. The maximum atomic E-state index is 12.5. The molecule has 0 saturated carbocycles. The molecule has 0 radical (unpaired) electrons. The van der Waals surface area contributed by atoms with Gasteiger partial charge in [-0.25, -0.2) is 0 Å². The molecule has 0 bridgehead atoms. The van der Waals surface area contributed by atoms with Crippen LogP contribution in [0.15, 0.2) is 24.3 Å². The first-order valence-corrected chi connectivity index (χ1v) is 12.3. The van der Waals surface area contributed by atoms with Gasteiger partial charge in [-0.3, -0.25) is 15.3 Å². The van der Waals surface area contributed by atoms with Crippen molar-refractivity contribution in [3.8, 4) is 5.75 Å². The number of esters is 1. The fourth-order valence-corrected chi connectivity index (χ4v) is 4.12. The minimum atomic E-state index is -2.02. The molecule has 5 N–H and O–H groups in total. The summed E-state index contributed by atoms with van der Waals surface area (Å²) in [7, 11) is 0. The van der Waals surface area contributed by atoms with E-state index in [0.717, 1.165) is 5.56 Å². The third-order valence-electron chi connectivity index (χ3n) is 6.17. The highest BCUT2D eigenvalue weighted by Crippen LogP contribution is 2.26. The second kappa shape index (κ2) is 13.7. The summed E-state index contributed by atoms with van der Waals surface area (Å²) in [6.45, 7) is 7.64. The summed E-state index contributed by atoms with van der Waals surface area (Å²) < 4.78 is 27.2. The molecule has 2 aliphatic heterocycles. The Morgan fingerprint density at radius 2 is 1.89 bits per heavy atom. The van der Waals surface area contributed by atoms with E-state index in [1.54, 1.807) is 13.8 Å². The number of nitrogens with zero attached hydrogens (tertiary/aromatic N) is 1. The van der Waals surface area contributed by atoms with Crippen LogP contribution in [0.25, 0.3) is 0 Å². The fraction of sp³-hybridized carbons (Fsp3) is 0.680. The van der Waals surface area contributed by atoms with E-state index in [1.165, 1.54) is 4.90 Å². The Kier molecular flexibility index (Phi) is 11.6. The number of hydrogen-bond donors (Lipinski definition) is 3. The van der Waals surface area contributed by atoms with E-state index in [2.05, 4.69) is 0 Å². The molecule has 1 aromatic rings. The molecule has 1 aromatic carbocycles. The van der Waals surface area contributed by atoms with Gasteiger partial charge in [0.05, 0.1) is 26.2 Å². The molecule has 12 heteroatoms. The number of benzene rings is 1. The number of hydrogen-bond acceptors (Lipinski definition) is 10. The van der Waals surface area contributed by atoms with Crippen LogP contribution in [0.5, 0.6) is 5.75 Å².